The molecule has 5 heteroatoms. The number of nitrogens with zero attached hydrogens (tertiary/aromatic N) is 1. The van der Waals surface area contributed by atoms with Crippen molar-refractivity contribution >= 4 is 38.1 Å². The largest absolute Gasteiger partial charge is 0.512 e. The van der Waals surface area contributed by atoms with Crippen molar-refractivity contribution in [3.05, 3.63) is 89.3 Å². The number of aliphatic hydroxyl groups excluding tert-OH is 1. The Morgan fingerprint density at radius 3 is 1.98 bits per heavy atom. The quantitative estimate of drug-likeness (QED) is 0.0680. The number of hydrogen-bond acceptors (Lipinski definition) is 4. The molecule has 0 bridgehead atoms. The summed E-state index contributed by atoms with van der Waals surface area (Å²) in [7, 11) is 0. The second-order valence-electron chi connectivity index (χ2n) is 18.3. The Balaban J connectivity index is 0.000000309. The molecule has 1 aromatic heterocycles. The molecule has 291 valence electrons. The van der Waals surface area contributed by atoms with Gasteiger partial charge in [-0.3, -0.25) is 9.78 Å². The summed E-state index contributed by atoms with van der Waals surface area (Å²) in [5.41, 5.74) is 5.57. The first-order valence-corrected chi connectivity index (χ1v) is 19.7. The third kappa shape index (κ3) is 8.79. The van der Waals surface area contributed by atoms with Gasteiger partial charge in [0.15, 0.2) is 5.78 Å². The van der Waals surface area contributed by atoms with E-state index in [-0.39, 0.29) is 53.3 Å². The van der Waals surface area contributed by atoms with Crippen LogP contribution in [0.4, 0.5) is 0 Å². The minimum absolute atomic E-state index is 0. The van der Waals surface area contributed by atoms with Crippen LogP contribution in [0.15, 0.2) is 66.6 Å². The van der Waals surface area contributed by atoms with Crippen LogP contribution >= 0.6 is 0 Å². The Bertz CT molecular complexity index is 2190. The van der Waals surface area contributed by atoms with Gasteiger partial charge in [0.2, 0.25) is 0 Å². The molecule has 0 amide bonds. The molecule has 5 aromatic rings. The van der Waals surface area contributed by atoms with E-state index in [1.807, 2.05) is 47.7 Å². The molecule has 2 heterocycles. The Labute approximate surface area is 338 Å². The van der Waals surface area contributed by atoms with Crippen LogP contribution in [0.25, 0.3) is 43.6 Å². The van der Waals surface area contributed by atoms with E-state index < -0.39 is 0 Å². The second kappa shape index (κ2) is 16.3. The topological polar surface area (TPSA) is 59.4 Å². The average molecular weight is 905 g/mol. The predicted octanol–water partition coefficient (Wildman–Crippen LogP) is 14.2. The van der Waals surface area contributed by atoms with Gasteiger partial charge in [-0.25, -0.2) is 0 Å². The maximum Gasteiger partial charge on any atom is 0.164 e. The van der Waals surface area contributed by atoms with Crippen LogP contribution in [-0.2, 0) is 37.7 Å². The third-order valence-electron chi connectivity index (χ3n) is 11.7. The minimum atomic E-state index is -0.337. The van der Waals surface area contributed by atoms with Gasteiger partial charge >= 0.3 is 0 Å². The molecule has 1 aliphatic heterocycles. The minimum Gasteiger partial charge on any atom is -0.512 e. The van der Waals surface area contributed by atoms with E-state index in [1.165, 1.54) is 44.3 Å². The van der Waals surface area contributed by atoms with Gasteiger partial charge in [0, 0.05) is 54.3 Å². The fourth-order valence-corrected chi connectivity index (χ4v) is 7.49. The van der Waals surface area contributed by atoms with Crippen molar-refractivity contribution in [1.29, 1.82) is 0 Å². The van der Waals surface area contributed by atoms with Gasteiger partial charge in [-0.15, -0.1) is 17.5 Å². The summed E-state index contributed by atoms with van der Waals surface area (Å²) in [6.07, 6.45) is 8.63. The zero-order chi connectivity index (χ0) is 39.1. The molecule has 0 atom stereocenters. The van der Waals surface area contributed by atoms with Gasteiger partial charge in [0.25, 0.3) is 0 Å². The smallest absolute Gasteiger partial charge is 0.164 e. The van der Waals surface area contributed by atoms with Gasteiger partial charge < -0.3 is 9.84 Å². The Hall–Kier alpha value is -3.53. The van der Waals surface area contributed by atoms with E-state index in [1.54, 1.807) is 0 Å². The molecule has 0 spiro atoms. The van der Waals surface area contributed by atoms with Crippen LogP contribution in [0, 0.1) is 34.7 Å². The van der Waals surface area contributed by atoms with E-state index in [0.717, 1.165) is 72.1 Å². The second-order valence-corrected chi connectivity index (χ2v) is 18.3. The van der Waals surface area contributed by atoms with Gasteiger partial charge in [0.05, 0.1) is 5.75 Å². The number of ether oxygens (including phenoxy) is 1. The molecular weight excluding hydrogens is 843 g/mol. The summed E-state index contributed by atoms with van der Waals surface area (Å²) in [6, 6.07) is 21.3. The van der Waals surface area contributed by atoms with Gasteiger partial charge in [-0.1, -0.05) is 135 Å². The van der Waals surface area contributed by atoms with Crippen LogP contribution < -0.4 is 4.74 Å². The number of hydrogen-bond donors (Lipinski definition) is 1. The van der Waals surface area contributed by atoms with Crippen molar-refractivity contribution in [2.24, 2.45) is 21.7 Å². The summed E-state index contributed by atoms with van der Waals surface area (Å²) in [5, 5.41) is 17.3. The van der Waals surface area contributed by atoms with Gasteiger partial charge in [-0.2, -0.15) is 0 Å². The van der Waals surface area contributed by atoms with E-state index >= 15 is 0 Å². The normalized spacial score (nSPS) is 13.2. The number of pyridine rings is 1. The zero-order valence-corrected chi connectivity index (χ0v) is 37.5. The molecule has 0 aliphatic carbocycles. The first-order valence-electron chi connectivity index (χ1n) is 19.7. The molecule has 4 aromatic carbocycles. The Morgan fingerprint density at radius 2 is 1.39 bits per heavy atom. The number of benzene rings is 4. The fraction of sp³-hybridized carbons (Fsp3) is 0.469. The number of aryl methyl sites for hydroxylation is 1. The van der Waals surface area contributed by atoms with Crippen LogP contribution in [0.1, 0.15) is 125 Å². The summed E-state index contributed by atoms with van der Waals surface area (Å²) >= 11 is 0. The first-order chi connectivity index (χ1) is 24.8. The van der Waals surface area contributed by atoms with Crippen molar-refractivity contribution in [2.45, 2.75) is 129 Å². The Morgan fingerprint density at radius 1 is 0.778 bits per heavy atom. The summed E-state index contributed by atoms with van der Waals surface area (Å²) in [5.74, 6) is 2.11. The Kier molecular flexibility index (Phi) is 13.0. The molecule has 1 radical (unpaired) electrons. The number of allylic oxidation sites excluding steroid dienone is 2. The average Bonchev–Trinajstić information content (AvgIpc) is 3.10. The third-order valence-corrected chi connectivity index (χ3v) is 11.7. The number of aliphatic hydroxyl groups is 1. The number of carbonyl (C=O) groups is 1. The molecular formula is C49H62IrNO3-. The van der Waals surface area contributed by atoms with E-state index in [0.29, 0.717) is 0 Å². The zero-order valence-electron chi connectivity index (χ0n) is 35.1. The molecule has 54 heavy (non-hydrogen) atoms. The summed E-state index contributed by atoms with van der Waals surface area (Å²) in [6.45, 7) is 28.1. The molecule has 0 saturated heterocycles. The number of carbonyl (C=O) groups excluding carboxylic acids is 1. The fourth-order valence-electron chi connectivity index (χ4n) is 7.49. The van der Waals surface area contributed by atoms with E-state index in [4.69, 9.17) is 9.72 Å². The molecule has 0 fully saturated rings. The predicted molar refractivity (Wildman–Crippen MR) is 225 cm³/mol. The molecule has 4 nitrogen and oxygen atoms in total. The van der Waals surface area contributed by atoms with Crippen LogP contribution in [-0.4, -0.2) is 15.9 Å². The van der Waals surface area contributed by atoms with Crippen molar-refractivity contribution in [3.8, 4) is 22.8 Å². The van der Waals surface area contributed by atoms with Gasteiger partial charge in [0.1, 0.15) is 11.5 Å². The maximum atomic E-state index is 12.2. The maximum absolute atomic E-state index is 12.2. The first kappa shape index (κ1) is 43.2. The van der Waals surface area contributed by atoms with Crippen molar-refractivity contribution in [1.82, 2.24) is 4.98 Å². The van der Waals surface area contributed by atoms with Crippen molar-refractivity contribution < 1.29 is 34.7 Å². The monoisotopic (exact) mass is 905 g/mol. The number of ketones is 1. The summed E-state index contributed by atoms with van der Waals surface area (Å²) in [4.78, 5) is 17.1. The number of aromatic nitrogens is 1. The summed E-state index contributed by atoms with van der Waals surface area (Å²) < 4.78 is 6.89. The molecule has 1 N–H and O–H groups in total. The van der Waals surface area contributed by atoms with Crippen LogP contribution in [0.5, 0.6) is 11.5 Å². The number of rotatable bonds is 9. The molecule has 1 aliphatic rings. The van der Waals surface area contributed by atoms with Crippen LogP contribution in [0.3, 0.4) is 0 Å². The van der Waals surface area contributed by atoms with E-state index in [2.05, 4.69) is 103 Å². The SMILES string of the molecule is CCC(C)(CC)C(=O)/C=C(\O)C(C)(CC)CC.Cc1cc(CC(C)(C)C)c2cc3c4c(nccc4c2c1)-c1[c-]c2ccccc2c(CC(C)(C)C)c1O3.[Ir]. The van der Waals surface area contributed by atoms with Crippen molar-refractivity contribution in [3.63, 3.8) is 0 Å². The van der Waals surface area contributed by atoms with Crippen LogP contribution in [0.2, 0.25) is 0 Å². The standard InChI is InChI=1S/C34H34NO.C15H28O2.Ir/c1-20-14-22(18-33(2,3)4)25-17-29-30-24(26(25)15-20)12-13-35-31(30)27-16-21-10-8-9-11-23(21)28(32(27)36-29)19-34(5,6)7;1-7-14(5,8-2)12(16)11-13(17)15(6,9-3)10-4;/h8-15,17H,18-19H2,1-7H3;11,16H,7-10H2,1-6H3;/q-1;;/b;12-11-;. The van der Waals surface area contributed by atoms with Crippen molar-refractivity contribution in [2.75, 3.05) is 0 Å². The molecule has 6 rings (SSSR count). The molecule has 0 saturated carbocycles. The van der Waals surface area contributed by atoms with Gasteiger partial charge in [-0.05, 0) is 90.1 Å². The van der Waals surface area contributed by atoms with E-state index in [9.17, 15) is 9.90 Å². The molecule has 0 unspecified atom stereocenters. The number of fused-ring (bicyclic) bond motifs is 5.